The molecule has 154 valence electrons. The second kappa shape index (κ2) is 9.54. The van der Waals surface area contributed by atoms with E-state index in [1.807, 2.05) is 0 Å². The van der Waals surface area contributed by atoms with Crippen molar-refractivity contribution in [3.8, 4) is 0 Å². The number of hydrogen-bond donors (Lipinski definition) is 3. The summed E-state index contributed by atoms with van der Waals surface area (Å²) in [4.78, 5) is 50.9. The second-order valence-corrected chi connectivity index (χ2v) is 6.14. The summed E-state index contributed by atoms with van der Waals surface area (Å²) in [7, 11) is 1.22. The van der Waals surface area contributed by atoms with E-state index < -0.39 is 23.8 Å². The number of carbonyl (C=O) groups is 4. The molecule has 9 heteroatoms. The van der Waals surface area contributed by atoms with Crippen LogP contribution in [0.15, 0.2) is 24.3 Å². The van der Waals surface area contributed by atoms with Gasteiger partial charge in [0.05, 0.1) is 19.3 Å². The fourth-order valence-electron chi connectivity index (χ4n) is 2.74. The Labute approximate surface area is 167 Å². The Bertz CT molecular complexity index is 948. The van der Waals surface area contributed by atoms with Crippen LogP contribution < -0.4 is 10.6 Å². The third-order valence-electron chi connectivity index (χ3n) is 4.15. The van der Waals surface area contributed by atoms with Gasteiger partial charge >= 0.3 is 11.9 Å². The second-order valence-electron chi connectivity index (χ2n) is 6.14. The van der Waals surface area contributed by atoms with E-state index in [0.29, 0.717) is 22.5 Å². The molecule has 0 bridgehead atoms. The summed E-state index contributed by atoms with van der Waals surface area (Å²) >= 11 is 0. The first kappa shape index (κ1) is 21.7. The monoisotopic (exact) mass is 401 g/mol. The summed E-state index contributed by atoms with van der Waals surface area (Å²) in [5.74, 6) is -2.02. The number of anilines is 1. The highest BCUT2D eigenvalue weighted by Crippen LogP contribution is 2.20. The van der Waals surface area contributed by atoms with Crippen LogP contribution in [0.5, 0.6) is 0 Å². The zero-order valence-corrected chi connectivity index (χ0v) is 16.7. The van der Waals surface area contributed by atoms with Gasteiger partial charge in [-0.05, 0) is 44.5 Å². The van der Waals surface area contributed by atoms with E-state index in [2.05, 4.69) is 20.4 Å². The van der Waals surface area contributed by atoms with Crippen molar-refractivity contribution in [1.29, 1.82) is 0 Å². The molecule has 0 unspecified atom stereocenters. The predicted molar refractivity (Wildman–Crippen MR) is 105 cm³/mol. The Morgan fingerprint density at radius 3 is 2.48 bits per heavy atom. The number of aromatic nitrogens is 1. The van der Waals surface area contributed by atoms with Gasteiger partial charge in [0.1, 0.15) is 12.2 Å². The summed E-state index contributed by atoms with van der Waals surface area (Å²) in [5, 5.41) is 5.11. The Morgan fingerprint density at radius 1 is 1.10 bits per heavy atom. The average molecular weight is 401 g/mol. The Balaban J connectivity index is 2.16. The maximum Gasteiger partial charge on any atom is 0.340 e. The third kappa shape index (κ3) is 5.22. The molecule has 2 rings (SSSR count). The highest BCUT2D eigenvalue weighted by atomic mass is 16.5. The number of hydrogen-bond acceptors (Lipinski definition) is 6. The molecule has 1 aromatic carbocycles. The van der Waals surface area contributed by atoms with Crippen molar-refractivity contribution >= 4 is 29.4 Å². The molecule has 0 spiro atoms. The van der Waals surface area contributed by atoms with Gasteiger partial charge in [-0.15, -0.1) is 0 Å². The van der Waals surface area contributed by atoms with E-state index in [9.17, 15) is 19.2 Å². The van der Waals surface area contributed by atoms with Crippen LogP contribution in [0.25, 0.3) is 0 Å². The van der Waals surface area contributed by atoms with Crippen molar-refractivity contribution in [1.82, 2.24) is 10.3 Å². The van der Waals surface area contributed by atoms with E-state index >= 15 is 0 Å². The van der Waals surface area contributed by atoms with Crippen LogP contribution in [-0.2, 0) is 14.3 Å². The first-order valence-corrected chi connectivity index (χ1v) is 8.91. The highest BCUT2D eigenvalue weighted by Gasteiger charge is 2.23. The predicted octanol–water partition coefficient (Wildman–Crippen LogP) is 1.96. The first-order chi connectivity index (χ1) is 13.8. The smallest absolute Gasteiger partial charge is 0.340 e. The molecule has 0 radical (unpaired) electrons. The number of ether oxygens (including phenoxy) is 2. The Hall–Kier alpha value is -3.62. The normalized spacial score (nSPS) is 10.2. The van der Waals surface area contributed by atoms with E-state index in [1.165, 1.54) is 13.2 Å². The molecule has 3 N–H and O–H groups in total. The minimum Gasteiger partial charge on any atom is -0.468 e. The van der Waals surface area contributed by atoms with Crippen molar-refractivity contribution in [2.75, 3.05) is 25.6 Å². The van der Waals surface area contributed by atoms with Gasteiger partial charge in [0.2, 0.25) is 0 Å². The summed E-state index contributed by atoms with van der Waals surface area (Å²) in [6.45, 7) is 5.01. The zero-order chi connectivity index (χ0) is 21.6. The average Bonchev–Trinajstić information content (AvgIpc) is 3.00. The van der Waals surface area contributed by atoms with Crippen molar-refractivity contribution in [3.63, 3.8) is 0 Å². The number of nitrogens with one attached hydrogen (secondary N) is 3. The third-order valence-corrected chi connectivity index (χ3v) is 4.15. The highest BCUT2D eigenvalue weighted by molar-refractivity contribution is 6.07. The van der Waals surface area contributed by atoms with Crippen molar-refractivity contribution < 1.29 is 28.7 Å². The molecule has 0 saturated heterocycles. The fourth-order valence-corrected chi connectivity index (χ4v) is 2.74. The lowest BCUT2D eigenvalue weighted by molar-refractivity contribution is -0.139. The molecule has 9 nitrogen and oxygen atoms in total. The van der Waals surface area contributed by atoms with Crippen LogP contribution in [0.2, 0.25) is 0 Å². The quantitative estimate of drug-likeness (QED) is 0.609. The number of aromatic amines is 1. The number of esters is 2. The van der Waals surface area contributed by atoms with Crippen molar-refractivity contribution in [3.05, 3.63) is 52.3 Å². The summed E-state index contributed by atoms with van der Waals surface area (Å²) in [6.07, 6.45) is 0. The van der Waals surface area contributed by atoms with Gasteiger partial charge in [-0.3, -0.25) is 14.4 Å². The van der Waals surface area contributed by atoms with Crippen LogP contribution in [0.3, 0.4) is 0 Å². The number of benzene rings is 1. The number of aryl methyl sites for hydroxylation is 1. The van der Waals surface area contributed by atoms with Gasteiger partial charge in [-0.25, -0.2) is 4.79 Å². The molecule has 0 saturated carbocycles. The minimum absolute atomic E-state index is 0.228. The maximum atomic E-state index is 12.7. The van der Waals surface area contributed by atoms with E-state index in [4.69, 9.17) is 4.74 Å². The number of amides is 2. The van der Waals surface area contributed by atoms with Gasteiger partial charge in [-0.1, -0.05) is 6.07 Å². The lowest BCUT2D eigenvalue weighted by Gasteiger charge is -2.08. The van der Waals surface area contributed by atoms with E-state index in [-0.39, 0.29) is 24.4 Å². The molecule has 0 aliphatic heterocycles. The Kier molecular flexibility index (Phi) is 7.13. The minimum atomic E-state index is -0.571. The van der Waals surface area contributed by atoms with Crippen LogP contribution >= 0.6 is 0 Å². The number of methoxy groups -OCH3 is 1. The molecule has 2 aromatic rings. The molecular weight excluding hydrogens is 378 g/mol. The van der Waals surface area contributed by atoms with Crippen LogP contribution in [-0.4, -0.2) is 49.0 Å². The molecule has 0 atom stereocenters. The molecule has 1 heterocycles. The fraction of sp³-hybridized carbons (Fsp3) is 0.300. The van der Waals surface area contributed by atoms with Gasteiger partial charge in [-0.2, -0.15) is 0 Å². The molecule has 2 amide bonds. The Morgan fingerprint density at radius 2 is 1.83 bits per heavy atom. The van der Waals surface area contributed by atoms with Crippen molar-refractivity contribution in [2.45, 2.75) is 20.8 Å². The lowest BCUT2D eigenvalue weighted by atomic mass is 10.1. The molecule has 0 aliphatic rings. The van der Waals surface area contributed by atoms with E-state index in [0.717, 1.165) is 0 Å². The molecule has 0 aliphatic carbocycles. The van der Waals surface area contributed by atoms with E-state index in [1.54, 1.807) is 39.0 Å². The van der Waals surface area contributed by atoms with Gasteiger partial charge < -0.3 is 25.1 Å². The first-order valence-electron chi connectivity index (χ1n) is 8.91. The molecule has 1 aromatic heterocycles. The van der Waals surface area contributed by atoms with Crippen molar-refractivity contribution in [2.24, 2.45) is 0 Å². The molecule has 29 heavy (non-hydrogen) atoms. The topological polar surface area (TPSA) is 127 Å². The summed E-state index contributed by atoms with van der Waals surface area (Å²) in [6, 6.07) is 6.24. The zero-order valence-electron chi connectivity index (χ0n) is 16.7. The van der Waals surface area contributed by atoms with Gasteiger partial charge in [0.15, 0.2) is 0 Å². The van der Waals surface area contributed by atoms with Crippen LogP contribution in [0.4, 0.5) is 5.69 Å². The summed E-state index contributed by atoms with van der Waals surface area (Å²) < 4.78 is 9.49. The van der Waals surface area contributed by atoms with Crippen LogP contribution in [0.1, 0.15) is 49.4 Å². The standard InChI is InChI=1S/C20H23N3O6/c1-5-29-20(27)16-11(2)17(22-12(16)3)19(26)23-14-8-6-7-13(9-14)18(25)21-10-15(24)28-4/h6-9,22H,5,10H2,1-4H3,(H,21,25)(H,23,26). The number of rotatable bonds is 7. The van der Waals surface area contributed by atoms with Crippen LogP contribution in [0, 0.1) is 13.8 Å². The largest absolute Gasteiger partial charge is 0.468 e. The van der Waals surface area contributed by atoms with Gasteiger partial charge in [0, 0.05) is 16.9 Å². The summed E-state index contributed by atoms with van der Waals surface area (Å²) in [5.41, 5.74) is 2.20. The molecule has 0 fully saturated rings. The molecular formula is C20H23N3O6. The lowest BCUT2D eigenvalue weighted by Crippen LogP contribution is -2.30. The number of H-pyrrole nitrogens is 1. The maximum absolute atomic E-state index is 12.7. The SMILES string of the molecule is CCOC(=O)c1c(C)[nH]c(C(=O)Nc2cccc(C(=O)NCC(=O)OC)c2)c1C. The number of carbonyl (C=O) groups excluding carboxylic acids is 4. The van der Waals surface area contributed by atoms with Gasteiger partial charge in [0.25, 0.3) is 11.8 Å².